The summed E-state index contributed by atoms with van der Waals surface area (Å²) in [5.74, 6) is -0.405. The third-order valence-corrected chi connectivity index (χ3v) is 5.29. The van der Waals surface area contributed by atoms with Crippen LogP contribution in [0, 0.1) is 0 Å². The van der Waals surface area contributed by atoms with Gasteiger partial charge in [0, 0.05) is 18.2 Å². The molecule has 0 spiro atoms. The van der Waals surface area contributed by atoms with Crippen molar-refractivity contribution in [1.29, 1.82) is 0 Å². The molecule has 2 aromatic rings. The number of nitrogens with zero attached hydrogens (tertiary/aromatic N) is 3. The number of hydrogen-bond donors (Lipinski definition) is 2. The van der Waals surface area contributed by atoms with E-state index < -0.39 is 5.97 Å². The molecule has 2 heterocycles. The molecule has 0 radical (unpaired) electrons. The van der Waals surface area contributed by atoms with Crippen LogP contribution in [-0.2, 0) is 4.74 Å². The fourth-order valence-electron chi connectivity index (χ4n) is 3.55. The third kappa shape index (κ3) is 4.95. The van der Waals surface area contributed by atoms with Crippen LogP contribution >= 0.6 is 0 Å². The van der Waals surface area contributed by atoms with Crippen molar-refractivity contribution in [3.63, 3.8) is 0 Å². The van der Waals surface area contributed by atoms with E-state index in [1.54, 1.807) is 31.2 Å². The van der Waals surface area contributed by atoms with Crippen LogP contribution in [0.25, 0.3) is 5.69 Å². The maximum Gasteiger partial charge on any atom is 0.343 e. The van der Waals surface area contributed by atoms with E-state index in [4.69, 9.17) is 10.5 Å². The Morgan fingerprint density at radius 1 is 1.24 bits per heavy atom. The summed E-state index contributed by atoms with van der Waals surface area (Å²) in [6.07, 6.45) is 4.86. The quantitative estimate of drug-likeness (QED) is 0.660. The zero-order valence-corrected chi connectivity index (χ0v) is 17.1. The zero-order chi connectivity index (χ0) is 20.8. The van der Waals surface area contributed by atoms with Crippen molar-refractivity contribution in [2.24, 2.45) is 0 Å². The molecule has 29 heavy (non-hydrogen) atoms. The minimum atomic E-state index is -0.504. The van der Waals surface area contributed by atoms with Crippen LogP contribution in [0.15, 0.2) is 30.5 Å². The van der Waals surface area contributed by atoms with Crippen LogP contribution in [0.1, 0.15) is 53.8 Å². The smallest absolute Gasteiger partial charge is 0.343 e. The van der Waals surface area contributed by atoms with E-state index in [0.29, 0.717) is 23.8 Å². The van der Waals surface area contributed by atoms with Crippen molar-refractivity contribution in [1.82, 2.24) is 20.0 Å². The van der Waals surface area contributed by atoms with Crippen LogP contribution in [-0.4, -0.2) is 58.8 Å². The summed E-state index contributed by atoms with van der Waals surface area (Å²) in [6, 6.07) is 7.43. The molecule has 3 N–H and O–H groups in total. The molecule has 1 saturated heterocycles. The highest BCUT2D eigenvalue weighted by atomic mass is 16.5. The highest BCUT2D eigenvalue weighted by Gasteiger charge is 2.19. The van der Waals surface area contributed by atoms with E-state index in [2.05, 4.69) is 22.2 Å². The number of carbonyl (C=O) groups is 2. The summed E-state index contributed by atoms with van der Waals surface area (Å²) in [5.41, 5.74) is 7.48. The molecular formula is C21H29N5O3. The molecule has 0 aliphatic carbocycles. The van der Waals surface area contributed by atoms with Gasteiger partial charge in [0.1, 0.15) is 11.4 Å². The Bertz CT molecular complexity index is 841. The molecule has 0 bridgehead atoms. The molecule has 0 saturated carbocycles. The Hall–Kier alpha value is -2.87. The second-order valence-corrected chi connectivity index (χ2v) is 7.26. The van der Waals surface area contributed by atoms with Gasteiger partial charge < -0.3 is 20.7 Å². The summed E-state index contributed by atoms with van der Waals surface area (Å²) in [7, 11) is 0. The number of aromatic nitrogens is 2. The molecule has 8 heteroatoms. The Morgan fingerprint density at radius 3 is 2.59 bits per heavy atom. The molecule has 156 valence electrons. The summed E-state index contributed by atoms with van der Waals surface area (Å²) >= 11 is 0. The Labute approximate surface area is 171 Å². The molecule has 8 nitrogen and oxygen atoms in total. The number of nitrogens with one attached hydrogen (secondary N) is 1. The van der Waals surface area contributed by atoms with Gasteiger partial charge >= 0.3 is 5.97 Å². The highest BCUT2D eigenvalue weighted by molar-refractivity contribution is 5.95. The molecule has 1 aromatic carbocycles. The van der Waals surface area contributed by atoms with Crippen molar-refractivity contribution in [2.75, 3.05) is 32.0 Å². The van der Waals surface area contributed by atoms with Gasteiger partial charge in [-0.1, -0.05) is 0 Å². The number of esters is 1. The average Bonchev–Trinajstić information content (AvgIpc) is 3.38. The second-order valence-electron chi connectivity index (χ2n) is 7.26. The van der Waals surface area contributed by atoms with Gasteiger partial charge in [-0.25, -0.2) is 9.48 Å². The molecular weight excluding hydrogens is 370 g/mol. The number of nitrogens with two attached hydrogens (primary N) is 1. The van der Waals surface area contributed by atoms with Crippen LogP contribution in [0.5, 0.6) is 0 Å². The molecule has 1 fully saturated rings. The van der Waals surface area contributed by atoms with Crippen LogP contribution in [0.2, 0.25) is 0 Å². The first-order chi connectivity index (χ1) is 14.0. The number of hydrogen-bond acceptors (Lipinski definition) is 6. The monoisotopic (exact) mass is 399 g/mol. The number of rotatable bonds is 8. The Kier molecular flexibility index (Phi) is 6.87. The zero-order valence-electron chi connectivity index (χ0n) is 17.1. The van der Waals surface area contributed by atoms with Gasteiger partial charge in [-0.3, -0.25) is 4.79 Å². The number of likely N-dealkylation sites (tertiary alicyclic amines) is 1. The van der Waals surface area contributed by atoms with Gasteiger partial charge in [0.2, 0.25) is 0 Å². The van der Waals surface area contributed by atoms with E-state index in [0.717, 1.165) is 19.5 Å². The Balaban J connectivity index is 1.57. The van der Waals surface area contributed by atoms with Gasteiger partial charge in [-0.15, -0.1) is 0 Å². The van der Waals surface area contributed by atoms with Gasteiger partial charge in [0.05, 0.1) is 18.5 Å². The second kappa shape index (κ2) is 9.56. The molecule has 3 rings (SSSR count). The lowest BCUT2D eigenvalue weighted by molar-refractivity contribution is 0.0527. The minimum Gasteiger partial charge on any atom is -0.462 e. The molecule has 1 atom stereocenters. The standard InChI is InChI=1S/C21H29N5O3/c1-3-29-21(28)18-14-24-26(19(18)22)17-8-6-16(7-9-17)20(27)23-11-10-15(2)25-12-4-5-13-25/h6-9,14-15H,3-5,10-13,22H2,1-2H3,(H,23,27)/t15-/m0/s1. The van der Waals surface area contributed by atoms with Crippen LogP contribution < -0.4 is 11.1 Å². The first kappa shape index (κ1) is 20.9. The van der Waals surface area contributed by atoms with Crippen molar-refractivity contribution in [2.45, 2.75) is 39.2 Å². The molecule has 1 amide bonds. The van der Waals surface area contributed by atoms with Gasteiger partial charge in [0.25, 0.3) is 5.91 Å². The van der Waals surface area contributed by atoms with Gasteiger partial charge in [0.15, 0.2) is 0 Å². The molecule has 1 aliphatic heterocycles. The summed E-state index contributed by atoms with van der Waals surface area (Å²) in [6.45, 7) is 7.17. The lowest BCUT2D eigenvalue weighted by atomic mass is 10.1. The minimum absolute atomic E-state index is 0.106. The van der Waals surface area contributed by atoms with Crippen LogP contribution in [0.3, 0.4) is 0 Å². The predicted octanol–water partition coefficient (Wildman–Crippen LogP) is 2.24. The molecule has 0 unspecified atom stereocenters. The normalized spacial score (nSPS) is 15.2. The molecule has 1 aliphatic rings. The summed E-state index contributed by atoms with van der Waals surface area (Å²) in [5, 5.41) is 7.14. The van der Waals surface area contributed by atoms with E-state index >= 15 is 0 Å². The van der Waals surface area contributed by atoms with Crippen molar-refractivity contribution >= 4 is 17.7 Å². The van der Waals surface area contributed by atoms with E-state index in [9.17, 15) is 9.59 Å². The lowest BCUT2D eigenvalue weighted by Gasteiger charge is -2.23. The summed E-state index contributed by atoms with van der Waals surface area (Å²) < 4.78 is 6.42. The number of ether oxygens (including phenoxy) is 1. The lowest BCUT2D eigenvalue weighted by Crippen LogP contribution is -2.34. The fourth-order valence-corrected chi connectivity index (χ4v) is 3.55. The van der Waals surface area contributed by atoms with Crippen molar-refractivity contribution in [3.05, 3.63) is 41.6 Å². The van der Waals surface area contributed by atoms with Crippen molar-refractivity contribution in [3.8, 4) is 5.69 Å². The number of carbonyl (C=O) groups excluding carboxylic acids is 2. The van der Waals surface area contributed by atoms with E-state index in [1.165, 1.54) is 23.7 Å². The fraction of sp³-hybridized carbons (Fsp3) is 0.476. The van der Waals surface area contributed by atoms with E-state index in [-0.39, 0.29) is 23.9 Å². The molecule has 1 aromatic heterocycles. The third-order valence-electron chi connectivity index (χ3n) is 5.29. The van der Waals surface area contributed by atoms with Crippen molar-refractivity contribution < 1.29 is 14.3 Å². The van der Waals surface area contributed by atoms with Gasteiger partial charge in [-0.05, 0) is 70.5 Å². The maximum atomic E-state index is 12.4. The van der Waals surface area contributed by atoms with E-state index in [1.807, 2.05) is 0 Å². The SMILES string of the molecule is CCOC(=O)c1cnn(-c2ccc(C(=O)NCC[C@H](C)N3CCCC3)cc2)c1N. The topological polar surface area (TPSA) is 102 Å². The number of nitrogen functional groups attached to an aromatic ring is 1. The number of anilines is 1. The largest absolute Gasteiger partial charge is 0.462 e. The highest BCUT2D eigenvalue weighted by Crippen LogP contribution is 2.19. The first-order valence-electron chi connectivity index (χ1n) is 10.1. The first-order valence-corrected chi connectivity index (χ1v) is 10.1. The van der Waals surface area contributed by atoms with Crippen LogP contribution in [0.4, 0.5) is 5.82 Å². The average molecular weight is 399 g/mol. The Morgan fingerprint density at radius 2 is 1.93 bits per heavy atom. The number of amides is 1. The summed E-state index contributed by atoms with van der Waals surface area (Å²) in [4.78, 5) is 26.7. The van der Waals surface area contributed by atoms with Gasteiger partial charge in [-0.2, -0.15) is 5.10 Å². The number of benzene rings is 1. The predicted molar refractivity (Wildman–Crippen MR) is 111 cm³/mol. The maximum absolute atomic E-state index is 12.4.